The smallest absolute Gasteiger partial charge is 0.266 e. The van der Waals surface area contributed by atoms with Gasteiger partial charge in [-0.3, -0.25) is 4.79 Å². The van der Waals surface area contributed by atoms with E-state index in [-0.39, 0.29) is 5.57 Å². The minimum absolute atomic E-state index is 0.0139. The molecule has 1 N–H and O–H groups in total. The minimum Gasteiger partial charge on any atom is -0.493 e. The number of nitrogens with zero attached hydrogens (tertiary/aromatic N) is 1. The van der Waals surface area contributed by atoms with E-state index in [1.165, 1.54) is 6.08 Å². The first kappa shape index (κ1) is 18.8. The summed E-state index contributed by atoms with van der Waals surface area (Å²) in [5.74, 6) is 0.177. The molecule has 4 nitrogen and oxygen atoms in total. The molecule has 2 aromatic carbocycles. The van der Waals surface area contributed by atoms with Crippen molar-refractivity contribution >= 4 is 33.6 Å². The summed E-state index contributed by atoms with van der Waals surface area (Å²) >= 11 is 3.40. The van der Waals surface area contributed by atoms with Crippen molar-refractivity contribution in [2.24, 2.45) is 0 Å². The molecule has 0 spiro atoms. The Morgan fingerprint density at radius 3 is 2.76 bits per heavy atom. The Morgan fingerprint density at radius 1 is 1.32 bits per heavy atom. The second-order valence-corrected chi connectivity index (χ2v) is 6.40. The van der Waals surface area contributed by atoms with Crippen LogP contribution < -0.4 is 10.1 Å². The van der Waals surface area contributed by atoms with Gasteiger partial charge in [-0.2, -0.15) is 5.26 Å². The summed E-state index contributed by atoms with van der Waals surface area (Å²) in [6, 6.07) is 13.1. The molecule has 25 heavy (non-hydrogen) atoms. The van der Waals surface area contributed by atoms with Crippen LogP contribution in [0.3, 0.4) is 0 Å². The van der Waals surface area contributed by atoms with Crippen LogP contribution in [0.2, 0.25) is 0 Å². The number of nitrogens with one attached hydrogen (secondary N) is 1. The Morgan fingerprint density at radius 2 is 2.08 bits per heavy atom. The molecule has 0 aliphatic heterocycles. The van der Waals surface area contributed by atoms with Crippen molar-refractivity contribution in [1.29, 1.82) is 5.26 Å². The van der Waals surface area contributed by atoms with Gasteiger partial charge in [-0.25, -0.2) is 0 Å². The predicted octanol–water partition coefficient (Wildman–Crippen LogP) is 5.01. The fourth-order valence-corrected chi connectivity index (χ4v) is 2.68. The first-order valence-corrected chi connectivity index (χ1v) is 8.67. The van der Waals surface area contributed by atoms with Crippen LogP contribution in [0.25, 0.3) is 6.08 Å². The van der Waals surface area contributed by atoms with Gasteiger partial charge in [0.1, 0.15) is 17.4 Å². The monoisotopic (exact) mass is 398 g/mol. The van der Waals surface area contributed by atoms with Gasteiger partial charge in [-0.1, -0.05) is 28.1 Å². The maximum absolute atomic E-state index is 12.5. The third kappa shape index (κ3) is 4.71. The van der Waals surface area contributed by atoms with Gasteiger partial charge in [0.2, 0.25) is 0 Å². The molecule has 0 saturated carbocycles. The largest absolute Gasteiger partial charge is 0.493 e. The molecule has 0 unspecified atom stereocenters. The van der Waals surface area contributed by atoms with Crippen LogP contribution >= 0.6 is 15.9 Å². The summed E-state index contributed by atoms with van der Waals surface area (Å²) in [6.45, 7) is 6.29. The van der Waals surface area contributed by atoms with Crippen LogP contribution in [0.4, 0.5) is 5.69 Å². The van der Waals surface area contributed by atoms with E-state index in [1.807, 2.05) is 57.2 Å². The van der Waals surface area contributed by atoms with Crippen molar-refractivity contribution < 1.29 is 9.53 Å². The average Bonchev–Trinajstić information content (AvgIpc) is 2.59. The lowest BCUT2D eigenvalue weighted by Crippen LogP contribution is -2.14. The Balaban J connectivity index is 2.34. The fourth-order valence-electron chi connectivity index (χ4n) is 2.30. The predicted molar refractivity (Wildman–Crippen MR) is 103 cm³/mol. The summed E-state index contributed by atoms with van der Waals surface area (Å²) in [4.78, 5) is 12.5. The lowest BCUT2D eigenvalue weighted by atomic mass is 10.1. The van der Waals surface area contributed by atoms with Crippen LogP contribution in [-0.4, -0.2) is 12.5 Å². The van der Waals surface area contributed by atoms with Gasteiger partial charge in [-0.15, -0.1) is 0 Å². The summed E-state index contributed by atoms with van der Waals surface area (Å²) in [5, 5.41) is 12.2. The second kappa shape index (κ2) is 8.50. The SMILES string of the molecule is CCOc1ccc(Br)cc1/C=C(\C#N)C(=O)Nc1cccc(C)c1C. The van der Waals surface area contributed by atoms with E-state index < -0.39 is 5.91 Å². The zero-order valence-electron chi connectivity index (χ0n) is 14.4. The fraction of sp³-hybridized carbons (Fsp3) is 0.200. The molecule has 0 radical (unpaired) electrons. The number of carbonyl (C=O) groups excluding carboxylic acids is 1. The Labute approximate surface area is 156 Å². The maximum atomic E-state index is 12.5. The standard InChI is InChI=1S/C20H19BrN2O2/c1-4-25-19-9-8-17(21)11-15(19)10-16(12-22)20(24)23-18-7-5-6-13(2)14(18)3/h5-11H,4H2,1-3H3,(H,23,24)/b16-10+. The molecule has 0 fully saturated rings. The highest BCUT2D eigenvalue weighted by molar-refractivity contribution is 9.10. The van der Waals surface area contributed by atoms with Gasteiger partial charge in [0.25, 0.3) is 5.91 Å². The molecule has 0 saturated heterocycles. The zero-order valence-corrected chi connectivity index (χ0v) is 16.0. The summed E-state index contributed by atoms with van der Waals surface area (Å²) in [7, 11) is 0. The van der Waals surface area contributed by atoms with Crippen LogP contribution in [0.5, 0.6) is 5.75 Å². The highest BCUT2D eigenvalue weighted by Crippen LogP contribution is 2.26. The molecule has 2 rings (SSSR count). The molecule has 0 aliphatic carbocycles. The first-order valence-electron chi connectivity index (χ1n) is 7.88. The molecular formula is C20H19BrN2O2. The average molecular weight is 399 g/mol. The molecule has 0 bridgehead atoms. The Hall–Kier alpha value is -2.58. The van der Waals surface area contributed by atoms with E-state index in [1.54, 1.807) is 6.07 Å². The van der Waals surface area contributed by atoms with Gasteiger partial charge >= 0.3 is 0 Å². The van der Waals surface area contributed by atoms with Crippen LogP contribution in [-0.2, 0) is 4.79 Å². The zero-order chi connectivity index (χ0) is 18.4. The highest BCUT2D eigenvalue weighted by Gasteiger charge is 2.13. The van der Waals surface area contributed by atoms with Gasteiger partial charge in [0, 0.05) is 15.7 Å². The number of benzene rings is 2. The summed E-state index contributed by atoms with van der Waals surface area (Å²) in [5.41, 5.74) is 3.44. The first-order chi connectivity index (χ1) is 12.0. The van der Waals surface area contributed by atoms with Gasteiger partial charge in [0.15, 0.2) is 0 Å². The van der Waals surface area contributed by atoms with E-state index in [0.717, 1.165) is 15.6 Å². The van der Waals surface area contributed by atoms with Crippen molar-refractivity contribution in [2.75, 3.05) is 11.9 Å². The van der Waals surface area contributed by atoms with Crippen molar-refractivity contribution in [3.8, 4) is 11.8 Å². The third-order valence-electron chi connectivity index (χ3n) is 3.79. The number of ether oxygens (including phenoxy) is 1. The third-order valence-corrected chi connectivity index (χ3v) is 4.28. The number of nitriles is 1. The number of halogens is 1. The number of amides is 1. The number of hydrogen-bond acceptors (Lipinski definition) is 3. The molecule has 1 amide bonds. The van der Waals surface area contributed by atoms with Crippen LogP contribution in [0, 0.1) is 25.2 Å². The number of carbonyl (C=O) groups is 1. The van der Waals surface area contributed by atoms with Gasteiger partial charge in [0.05, 0.1) is 6.61 Å². The van der Waals surface area contributed by atoms with E-state index in [2.05, 4.69) is 21.2 Å². The van der Waals surface area contributed by atoms with Crippen LogP contribution in [0.1, 0.15) is 23.6 Å². The maximum Gasteiger partial charge on any atom is 0.266 e. The molecule has 0 aromatic heterocycles. The molecule has 128 valence electrons. The summed E-state index contributed by atoms with van der Waals surface area (Å²) in [6.07, 6.45) is 1.54. The quantitative estimate of drug-likeness (QED) is 0.568. The minimum atomic E-state index is -0.446. The van der Waals surface area contributed by atoms with E-state index in [9.17, 15) is 10.1 Å². The van der Waals surface area contributed by atoms with E-state index in [0.29, 0.717) is 23.6 Å². The lowest BCUT2D eigenvalue weighted by Gasteiger charge is -2.11. The molecule has 0 atom stereocenters. The Kier molecular flexibility index (Phi) is 6.37. The molecule has 2 aromatic rings. The van der Waals surface area contributed by atoms with Crippen molar-refractivity contribution in [3.63, 3.8) is 0 Å². The number of rotatable bonds is 5. The normalized spacial score (nSPS) is 10.9. The van der Waals surface area contributed by atoms with Gasteiger partial charge < -0.3 is 10.1 Å². The van der Waals surface area contributed by atoms with Crippen molar-refractivity contribution in [3.05, 3.63) is 63.1 Å². The van der Waals surface area contributed by atoms with Crippen molar-refractivity contribution in [2.45, 2.75) is 20.8 Å². The van der Waals surface area contributed by atoms with Gasteiger partial charge in [-0.05, 0) is 62.2 Å². The van der Waals surface area contributed by atoms with E-state index >= 15 is 0 Å². The Bertz CT molecular complexity index is 866. The molecule has 0 aliphatic rings. The van der Waals surface area contributed by atoms with E-state index in [4.69, 9.17) is 4.74 Å². The topological polar surface area (TPSA) is 62.1 Å². The number of aryl methyl sites for hydroxylation is 1. The highest BCUT2D eigenvalue weighted by atomic mass is 79.9. The van der Waals surface area contributed by atoms with Crippen LogP contribution in [0.15, 0.2) is 46.4 Å². The molecule has 5 heteroatoms. The summed E-state index contributed by atoms with van der Waals surface area (Å²) < 4.78 is 6.41. The number of anilines is 1. The molecule has 0 heterocycles. The lowest BCUT2D eigenvalue weighted by molar-refractivity contribution is -0.112. The second-order valence-electron chi connectivity index (χ2n) is 5.49. The molecular weight excluding hydrogens is 380 g/mol. The number of hydrogen-bond donors (Lipinski definition) is 1. The van der Waals surface area contributed by atoms with Crippen molar-refractivity contribution in [1.82, 2.24) is 0 Å².